The maximum absolute atomic E-state index is 12.3. The molecule has 0 bridgehead atoms. The molecule has 3 rings (SSSR count). The van der Waals surface area contributed by atoms with E-state index in [1.54, 1.807) is 25.1 Å². The first kappa shape index (κ1) is 24.7. The maximum Gasteiger partial charge on any atom is 0.341 e. The Kier molecular flexibility index (Phi) is 8.19. The number of carbonyl (C=O) groups excluding carboxylic acids is 4. The molecule has 1 aromatic carbocycles. The molecule has 0 radical (unpaired) electrons. The van der Waals surface area contributed by atoms with Crippen LogP contribution >= 0.6 is 11.3 Å². The minimum absolute atomic E-state index is 0.286. The first-order valence-corrected chi connectivity index (χ1v) is 11.2. The number of hydrogen-bond acceptors (Lipinski definition) is 9. The van der Waals surface area contributed by atoms with Crippen molar-refractivity contribution >= 4 is 46.2 Å². The van der Waals surface area contributed by atoms with Crippen LogP contribution in [0.1, 0.15) is 39.7 Å². The van der Waals surface area contributed by atoms with Crippen LogP contribution in [0.5, 0.6) is 11.5 Å². The summed E-state index contributed by atoms with van der Waals surface area (Å²) in [7, 11) is 1.27. The number of esters is 1. The van der Waals surface area contributed by atoms with Gasteiger partial charge in [0.15, 0.2) is 18.1 Å². The molecule has 0 saturated heterocycles. The third kappa shape index (κ3) is 5.90. The third-order valence-electron chi connectivity index (χ3n) is 4.76. The molecule has 3 amide bonds. The van der Waals surface area contributed by atoms with Gasteiger partial charge in [-0.15, -0.1) is 11.3 Å². The summed E-state index contributed by atoms with van der Waals surface area (Å²) < 4.78 is 15.6. The van der Waals surface area contributed by atoms with Crippen LogP contribution in [0, 0.1) is 0 Å². The number of nitrogens with one attached hydrogen (secondary N) is 2. The van der Waals surface area contributed by atoms with E-state index >= 15 is 0 Å². The average molecular weight is 489 g/mol. The number of fused-ring (bicyclic) bond motifs is 1. The van der Waals surface area contributed by atoms with E-state index < -0.39 is 23.7 Å². The van der Waals surface area contributed by atoms with Crippen molar-refractivity contribution in [2.24, 2.45) is 10.8 Å². The van der Waals surface area contributed by atoms with Crippen molar-refractivity contribution in [3.8, 4) is 11.5 Å². The topological polar surface area (TPSA) is 158 Å². The van der Waals surface area contributed by atoms with Gasteiger partial charge in [-0.2, -0.15) is 5.10 Å². The van der Waals surface area contributed by atoms with Gasteiger partial charge in [-0.25, -0.2) is 10.2 Å². The van der Waals surface area contributed by atoms with Gasteiger partial charge in [0.05, 0.1) is 25.5 Å². The molecule has 4 N–H and O–H groups in total. The minimum Gasteiger partial charge on any atom is -0.490 e. The highest BCUT2D eigenvalue weighted by Gasteiger charge is 2.29. The number of anilines is 1. The molecule has 11 nitrogen and oxygen atoms in total. The van der Waals surface area contributed by atoms with E-state index in [4.69, 9.17) is 19.9 Å². The van der Waals surface area contributed by atoms with Crippen LogP contribution in [0.3, 0.4) is 0 Å². The summed E-state index contributed by atoms with van der Waals surface area (Å²) in [5.41, 5.74) is 8.93. The number of nitrogens with zero attached hydrogens (tertiary/aromatic N) is 1. The Morgan fingerprint density at radius 3 is 2.65 bits per heavy atom. The number of nitrogens with two attached hydrogens (primary N) is 1. The van der Waals surface area contributed by atoms with E-state index in [0.717, 1.165) is 29.7 Å². The van der Waals surface area contributed by atoms with Gasteiger partial charge in [-0.05, 0) is 55.5 Å². The van der Waals surface area contributed by atoms with E-state index in [9.17, 15) is 19.2 Å². The lowest BCUT2D eigenvalue weighted by Crippen LogP contribution is -2.32. The largest absolute Gasteiger partial charge is 0.490 e. The Balaban J connectivity index is 1.64. The zero-order valence-corrected chi connectivity index (χ0v) is 19.5. The van der Waals surface area contributed by atoms with Crippen molar-refractivity contribution in [3.63, 3.8) is 0 Å². The molecule has 2 aromatic rings. The van der Waals surface area contributed by atoms with Crippen LogP contribution in [0.15, 0.2) is 23.3 Å². The fourth-order valence-corrected chi connectivity index (χ4v) is 4.60. The van der Waals surface area contributed by atoms with Crippen LogP contribution in [-0.4, -0.2) is 50.2 Å². The lowest BCUT2D eigenvalue weighted by molar-refractivity contribution is -0.136. The molecule has 0 saturated carbocycles. The van der Waals surface area contributed by atoms with Crippen LogP contribution in [0.2, 0.25) is 0 Å². The highest BCUT2D eigenvalue weighted by atomic mass is 32.1. The van der Waals surface area contributed by atoms with Crippen molar-refractivity contribution < 1.29 is 33.4 Å². The Morgan fingerprint density at radius 2 is 1.94 bits per heavy atom. The number of hydrazone groups is 1. The molecule has 12 heteroatoms. The van der Waals surface area contributed by atoms with Crippen LogP contribution in [0.25, 0.3) is 0 Å². The molecular weight excluding hydrogens is 464 g/mol. The van der Waals surface area contributed by atoms with Gasteiger partial charge in [0, 0.05) is 4.88 Å². The predicted molar refractivity (Wildman–Crippen MR) is 124 cm³/mol. The van der Waals surface area contributed by atoms with E-state index in [0.29, 0.717) is 29.2 Å². The molecular formula is C22H24N4O7S. The van der Waals surface area contributed by atoms with Crippen molar-refractivity contribution in [1.29, 1.82) is 0 Å². The van der Waals surface area contributed by atoms with Crippen molar-refractivity contribution in [1.82, 2.24) is 5.43 Å². The van der Waals surface area contributed by atoms with Crippen LogP contribution < -0.4 is 25.9 Å². The second-order valence-electron chi connectivity index (χ2n) is 7.10. The molecule has 1 aromatic heterocycles. The van der Waals surface area contributed by atoms with Crippen LogP contribution in [0.4, 0.5) is 5.00 Å². The number of benzene rings is 1. The molecule has 0 fully saturated rings. The van der Waals surface area contributed by atoms with Gasteiger partial charge < -0.3 is 25.3 Å². The number of rotatable bonds is 9. The van der Waals surface area contributed by atoms with Gasteiger partial charge in [-0.1, -0.05) is 0 Å². The third-order valence-corrected chi connectivity index (χ3v) is 5.97. The number of carbonyl (C=O) groups is 4. The highest BCUT2D eigenvalue weighted by Crippen LogP contribution is 2.39. The Labute approximate surface area is 199 Å². The number of thiophene rings is 1. The van der Waals surface area contributed by atoms with Crippen molar-refractivity contribution in [3.05, 3.63) is 39.8 Å². The number of ether oxygens (including phenoxy) is 3. The second kappa shape index (κ2) is 11.3. The Morgan fingerprint density at radius 1 is 1.15 bits per heavy atom. The van der Waals surface area contributed by atoms with Crippen LogP contribution in [-0.2, 0) is 32.0 Å². The molecule has 34 heavy (non-hydrogen) atoms. The lowest BCUT2D eigenvalue weighted by atomic mass is 10.1. The van der Waals surface area contributed by atoms with E-state index in [2.05, 4.69) is 15.8 Å². The fraction of sp³-hybridized carbons (Fsp3) is 0.318. The SMILES string of the molecule is CCOc1cc(C=NNC(=O)C(=O)Nc2sc3c(c2C(=O)OC)CCC3)ccc1OCC(N)=O. The molecule has 0 aliphatic heterocycles. The molecule has 180 valence electrons. The lowest BCUT2D eigenvalue weighted by Gasteiger charge is -2.11. The Hall–Kier alpha value is -3.93. The van der Waals surface area contributed by atoms with Gasteiger partial charge >= 0.3 is 17.8 Å². The van der Waals surface area contributed by atoms with Gasteiger partial charge in [0.25, 0.3) is 5.91 Å². The maximum atomic E-state index is 12.3. The number of aryl methyl sites for hydroxylation is 1. The zero-order valence-electron chi connectivity index (χ0n) is 18.6. The summed E-state index contributed by atoms with van der Waals surface area (Å²) in [4.78, 5) is 48.6. The number of methoxy groups -OCH3 is 1. The summed E-state index contributed by atoms with van der Waals surface area (Å²) in [6.07, 6.45) is 3.77. The van der Waals surface area contributed by atoms with E-state index in [1.165, 1.54) is 24.7 Å². The van der Waals surface area contributed by atoms with E-state index in [-0.39, 0.29) is 11.6 Å². The molecule has 1 aliphatic rings. The number of primary amides is 1. The number of hydrogen-bond donors (Lipinski definition) is 3. The standard InChI is InChI=1S/C22H24N4O7S/c1-3-32-15-9-12(7-8-14(15)33-11-17(23)27)10-24-26-20(29)19(28)25-21-18(22(30)31-2)13-5-4-6-16(13)34-21/h7-10H,3-6,11H2,1-2H3,(H2,23,27)(H,25,28)(H,26,29). The van der Waals surface area contributed by atoms with Gasteiger partial charge in [0.2, 0.25) is 0 Å². The normalized spacial score (nSPS) is 12.2. The first-order valence-electron chi connectivity index (χ1n) is 10.4. The molecule has 0 atom stereocenters. The fourth-order valence-electron chi connectivity index (χ4n) is 3.33. The zero-order chi connectivity index (χ0) is 24.7. The molecule has 0 unspecified atom stereocenters. The van der Waals surface area contributed by atoms with Gasteiger partial charge in [-0.3, -0.25) is 14.4 Å². The highest BCUT2D eigenvalue weighted by molar-refractivity contribution is 7.17. The number of amides is 3. The second-order valence-corrected chi connectivity index (χ2v) is 8.21. The minimum atomic E-state index is -1.01. The first-order chi connectivity index (χ1) is 16.3. The van der Waals surface area contributed by atoms with E-state index in [1.807, 2.05) is 0 Å². The summed E-state index contributed by atoms with van der Waals surface area (Å²) in [5, 5.41) is 6.55. The smallest absolute Gasteiger partial charge is 0.341 e. The van der Waals surface area contributed by atoms with Crippen molar-refractivity contribution in [2.45, 2.75) is 26.2 Å². The molecule has 1 heterocycles. The van der Waals surface area contributed by atoms with Crippen molar-refractivity contribution in [2.75, 3.05) is 25.6 Å². The van der Waals surface area contributed by atoms with Gasteiger partial charge in [0.1, 0.15) is 5.00 Å². The predicted octanol–water partition coefficient (Wildman–Crippen LogP) is 1.37. The summed E-state index contributed by atoms with van der Waals surface area (Å²) in [6.45, 7) is 1.83. The molecule has 1 aliphatic carbocycles. The monoisotopic (exact) mass is 488 g/mol. The summed E-state index contributed by atoms with van der Waals surface area (Å²) >= 11 is 1.27. The average Bonchev–Trinajstić information content (AvgIpc) is 3.39. The Bertz CT molecular complexity index is 1140. The summed E-state index contributed by atoms with van der Waals surface area (Å²) in [5.74, 6) is -2.47. The summed E-state index contributed by atoms with van der Waals surface area (Å²) in [6, 6.07) is 4.77. The quantitative estimate of drug-likeness (QED) is 0.208. The molecule has 0 spiro atoms.